The standard InChI is InChI=1S/C20H17ClN6S/c1-11-2-3-13(15(21)8-11)14-10-16(28-18(14)19-25-6-7-26-19)12-4-5-24-17(9-12)27-20(22)23/h2-10H,1H3,(H,25,26)(H4,22,23,24,27). The number of aliphatic imine (C=N–C) groups is 1. The van der Waals surface area contributed by atoms with Crippen LogP contribution < -0.4 is 11.5 Å². The summed E-state index contributed by atoms with van der Waals surface area (Å²) in [6.45, 7) is 2.02. The molecule has 0 aliphatic heterocycles. The van der Waals surface area contributed by atoms with Crippen molar-refractivity contribution in [2.45, 2.75) is 6.92 Å². The minimum absolute atomic E-state index is 0.0285. The largest absolute Gasteiger partial charge is 0.370 e. The number of aryl methyl sites for hydroxylation is 1. The fraction of sp³-hybridized carbons (Fsp3) is 0.0500. The molecule has 0 radical (unpaired) electrons. The lowest BCUT2D eigenvalue weighted by molar-refractivity contribution is 1.26. The molecule has 1 aromatic carbocycles. The second kappa shape index (κ2) is 7.46. The summed E-state index contributed by atoms with van der Waals surface area (Å²) in [5, 5.41) is 0.702. The number of H-pyrrole nitrogens is 1. The van der Waals surface area contributed by atoms with Crippen LogP contribution in [0.2, 0.25) is 5.02 Å². The normalized spacial score (nSPS) is 10.8. The van der Waals surface area contributed by atoms with Gasteiger partial charge < -0.3 is 16.5 Å². The molecule has 3 aromatic heterocycles. The van der Waals surface area contributed by atoms with E-state index in [1.807, 2.05) is 37.3 Å². The number of benzene rings is 1. The molecule has 0 bridgehead atoms. The smallest absolute Gasteiger partial charge is 0.192 e. The van der Waals surface area contributed by atoms with E-state index in [9.17, 15) is 0 Å². The fourth-order valence-electron chi connectivity index (χ4n) is 2.90. The van der Waals surface area contributed by atoms with Crippen LogP contribution in [0.25, 0.3) is 32.3 Å². The van der Waals surface area contributed by atoms with Gasteiger partial charge in [-0.2, -0.15) is 4.99 Å². The van der Waals surface area contributed by atoms with E-state index in [1.165, 1.54) is 0 Å². The monoisotopic (exact) mass is 408 g/mol. The van der Waals surface area contributed by atoms with Gasteiger partial charge in [0.05, 0.1) is 4.88 Å². The Morgan fingerprint density at radius 2 is 1.93 bits per heavy atom. The number of aromatic amines is 1. The van der Waals surface area contributed by atoms with Crippen molar-refractivity contribution < 1.29 is 0 Å². The van der Waals surface area contributed by atoms with Crippen LogP contribution in [0.3, 0.4) is 0 Å². The first-order valence-corrected chi connectivity index (χ1v) is 9.67. The minimum Gasteiger partial charge on any atom is -0.370 e. The molecule has 140 valence electrons. The molecule has 0 unspecified atom stereocenters. The van der Waals surface area contributed by atoms with Crippen LogP contribution >= 0.6 is 22.9 Å². The van der Waals surface area contributed by atoms with Crippen molar-refractivity contribution in [3.63, 3.8) is 0 Å². The highest BCUT2D eigenvalue weighted by Gasteiger charge is 2.18. The number of nitrogens with one attached hydrogen (secondary N) is 1. The highest BCUT2D eigenvalue weighted by Crippen LogP contribution is 2.44. The maximum atomic E-state index is 6.55. The average molecular weight is 409 g/mol. The van der Waals surface area contributed by atoms with Crippen molar-refractivity contribution in [3.05, 3.63) is 65.6 Å². The number of nitrogens with zero attached hydrogens (tertiary/aromatic N) is 3. The fourth-order valence-corrected chi connectivity index (χ4v) is 4.37. The van der Waals surface area contributed by atoms with Crippen LogP contribution in [-0.2, 0) is 0 Å². The number of halogens is 1. The van der Waals surface area contributed by atoms with Gasteiger partial charge in [0.25, 0.3) is 0 Å². The van der Waals surface area contributed by atoms with Gasteiger partial charge in [-0.1, -0.05) is 23.7 Å². The van der Waals surface area contributed by atoms with Crippen molar-refractivity contribution in [2.24, 2.45) is 16.5 Å². The molecule has 8 heteroatoms. The van der Waals surface area contributed by atoms with Crippen LogP contribution in [0, 0.1) is 6.92 Å². The first kappa shape index (κ1) is 18.2. The quantitative estimate of drug-likeness (QED) is 0.335. The van der Waals surface area contributed by atoms with Crippen molar-refractivity contribution >= 4 is 34.7 Å². The van der Waals surface area contributed by atoms with Gasteiger partial charge >= 0.3 is 0 Å². The van der Waals surface area contributed by atoms with E-state index in [2.05, 4.69) is 26.0 Å². The zero-order valence-corrected chi connectivity index (χ0v) is 16.6. The molecule has 4 aromatic rings. The number of thiophene rings is 1. The topological polar surface area (TPSA) is 106 Å². The van der Waals surface area contributed by atoms with E-state index >= 15 is 0 Å². The highest BCUT2D eigenvalue weighted by molar-refractivity contribution is 7.19. The first-order valence-electron chi connectivity index (χ1n) is 8.47. The molecular weight excluding hydrogens is 392 g/mol. The molecule has 4 rings (SSSR count). The van der Waals surface area contributed by atoms with Crippen LogP contribution in [0.5, 0.6) is 0 Å². The van der Waals surface area contributed by atoms with Crippen molar-refractivity contribution in [2.75, 3.05) is 0 Å². The second-order valence-corrected chi connectivity index (χ2v) is 7.67. The van der Waals surface area contributed by atoms with E-state index in [1.54, 1.807) is 29.9 Å². The Kier molecular flexibility index (Phi) is 4.85. The SMILES string of the molecule is Cc1ccc(-c2cc(-c3ccnc(N=C(N)N)c3)sc2-c2ncc[nH]2)c(Cl)c1. The van der Waals surface area contributed by atoms with E-state index in [0.29, 0.717) is 10.8 Å². The van der Waals surface area contributed by atoms with Crippen molar-refractivity contribution in [1.29, 1.82) is 0 Å². The summed E-state index contributed by atoms with van der Waals surface area (Å²) < 4.78 is 0. The summed E-state index contributed by atoms with van der Waals surface area (Å²) in [6, 6.07) is 11.9. The van der Waals surface area contributed by atoms with Crippen molar-refractivity contribution in [1.82, 2.24) is 15.0 Å². The summed E-state index contributed by atoms with van der Waals surface area (Å²) in [4.78, 5) is 17.9. The van der Waals surface area contributed by atoms with Gasteiger partial charge in [0.2, 0.25) is 0 Å². The number of nitrogens with two attached hydrogens (primary N) is 2. The molecule has 5 N–H and O–H groups in total. The lowest BCUT2D eigenvalue weighted by atomic mass is 10.0. The predicted molar refractivity (Wildman–Crippen MR) is 116 cm³/mol. The van der Waals surface area contributed by atoms with Gasteiger partial charge in [-0.05, 0) is 42.3 Å². The van der Waals surface area contributed by atoms with Gasteiger partial charge in [0, 0.05) is 39.6 Å². The molecule has 0 fully saturated rings. The number of hydrogen-bond acceptors (Lipinski definition) is 4. The number of aromatic nitrogens is 3. The van der Waals surface area contributed by atoms with E-state index in [-0.39, 0.29) is 5.96 Å². The van der Waals surface area contributed by atoms with Crippen LogP contribution in [0.4, 0.5) is 5.82 Å². The van der Waals surface area contributed by atoms with Gasteiger partial charge in [-0.3, -0.25) is 0 Å². The molecule has 0 atom stereocenters. The minimum atomic E-state index is -0.0285. The molecule has 0 amide bonds. The van der Waals surface area contributed by atoms with Gasteiger partial charge in [0.1, 0.15) is 5.82 Å². The lowest BCUT2D eigenvalue weighted by Crippen LogP contribution is -2.22. The Morgan fingerprint density at radius 1 is 1.07 bits per heavy atom. The third-order valence-electron chi connectivity index (χ3n) is 4.13. The van der Waals surface area contributed by atoms with E-state index in [0.717, 1.165) is 37.8 Å². The number of hydrogen-bond donors (Lipinski definition) is 3. The summed E-state index contributed by atoms with van der Waals surface area (Å²) in [7, 11) is 0. The Labute approximate surface area is 170 Å². The maximum Gasteiger partial charge on any atom is 0.192 e. The highest BCUT2D eigenvalue weighted by atomic mass is 35.5. The number of imidazole rings is 1. The third kappa shape index (κ3) is 3.62. The molecule has 6 nitrogen and oxygen atoms in total. The molecule has 0 spiro atoms. The number of pyridine rings is 1. The molecule has 0 saturated carbocycles. The molecule has 0 saturated heterocycles. The Balaban J connectivity index is 1.88. The number of guanidine groups is 1. The van der Waals surface area contributed by atoms with Gasteiger partial charge in [-0.15, -0.1) is 11.3 Å². The molecular formula is C20H17ClN6S. The Morgan fingerprint density at radius 3 is 2.64 bits per heavy atom. The molecule has 0 aliphatic carbocycles. The lowest BCUT2D eigenvalue weighted by Gasteiger charge is -2.05. The summed E-state index contributed by atoms with van der Waals surface area (Å²) in [5.74, 6) is 1.22. The van der Waals surface area contributed by atoms with Crippen LogP contribution in [-0.4, -0.2) is 20.9 Å². The average Bonchev–Trinajstić information content (AvgIpc) is 3.31. The van der Waals surface area contributed by atoms with Crippen LogP contribution in [0.15, 0.2) is 60.0 Å². The van der Waals surface area contributed by atoms with Crippen molar-refractivity contribution in [3.8, 4) is 32.3 Å². The Bertz CT molecular complexity index is 1160. The molecule has 28 heavy (non-hydrogen) atoms. The number of rotatable bonds is 4. The second-order valence-electron chi connectivity index (χ2n) is 6.21. The van der Waals surface area contributed by atoms with Gasteiger partial charge in [0.15, 0.2) is 11.8 Å². The summed E-state index contributed by atoms with van der Waals surface area (Å²) in [5.41, 5.74) is 15.0. The van der Waals surface area contributed by atoms with E-state index in [4.69, 9.17) is 23.1 Å². The summed E-state index contributed by atoms with van der Waals surface area (Å²) in [6.07, 6.45) is 5.22. The predicted octanol–water partition coefficient (Wildman–Crippen LogP) is 4.73. The summed E-state index contributed by atoms with van der Waals surface area (Å²) >= 11 is 8.17. The zero-order chi connectivity index (χ0) is 19.7. The molecule has 0 aliphatic rings. The molecule has 3 heterocycles. The van der Waals surface area contributed by atoms with Crippen LogP contribution in [0.1, 0.15) is 5.56 Å². The third-order valence-corrected chi connectivity index (χ3v) is 5.64. The maximum absolute atomic E-state index is 6.55. The van der Waals surface area contributed by atoms with E-state index < -0.39 is 0 Å². The first-order chi connectivity index (χ1) is 13.5. The zero-order valence-electron chi connectivity index (χ0n) is 15.0. The Hall–Kier alpha value is -3.16. The van der Waals surface area contributed by atoms with Gasteiger partial charge in [-0.25, -0.2) is 9.97 Å².